The summed E-state index contributed by atoms with van der Waals surface area (Å²) in [5.41, 5.74) is 2.03. The molecule has 106 valence electrons. The topological polar surface area (TPSA) is 55.6 Å². The molecule has 0 amide bonds. The Hall–Kier alpha value is -1.43. The molecule has 0 bridgehead atoms. The van der Waals surface area contributed by atoms with Crippen LogP contribution in [0.25, 0.3) is 5.82 Å². The van der Waals surface area contributed by atoms with Crippen LogP contribution in [-0.4, -0.2) is 26.3 Å². The summed E-state index contributed by atoms with van der Waals surface area (Å²) in [6.45, 7) is 6.94. The summed E-state index contributed by atoms with van der Waals surface area (Å²) in [5, 5.41) is 7.83. The van der Waals surface area contributed by atoms with Gasteiger partial charge in [0, 0.05) is 18.5 Å². The molecule has 0 radical (unpaired) electrons. The number of rotatable bonds is 4. The third-order valence-electron chi connectivity index (χ3n) is 3.45. The zero-order valence-electron chi connectivity index (χ0n) is 11.9. The maximum atomic E-state index is 4.69. The summed E-state index contributed by atoms with van der Waals surface area (Å²) in [7, 11) is 0. The van der Waals surface area contributed by atoms with Crippen molar-refractivity contribution in [3.8, 4) is 5.82 Å². The molecule has 2 aromatic rings. The van der Waals surface area contributed by atoms with Gasteiger partial charge in [0.2, 0.25) is 0 Å². The van der Waals surface area contributed by atoms with Gasteiger partial charge in [0.15, 0.2) is 5.82 Å². The smallest absolute Gasteiger partial charge is 0.159 e. The quantitative estimate of drug-likeness (QED) is 0.930. The number of nitrogens with zero attached hydrogens (tertiary/aromatic N) is 4. The molecule has 0 aliphatic heterocycles. The van der Waals surface area contributed by atoms with Gasteiger partial charge in [-0.1, -0.05) is 0 Å². The van der Waals surface area contributed by atoms with Gasteiger partial charge in [-0.25, -0.2) is 14.6 Å². The van der Waals surface area contributed by atoms with Crippen LogP contribution in [0.3, 0.4) is 0 Å². The van der Waals surface area contributed by atoms with Gasteiger partial charge in [0.1, 0.15) is 11.6 Å². The van der Waals surface area contributed by atoms with Crippen LogP contribution in [0.15, 0.2) is 10.5 Å². The first-order chi connectivity index (χ1) is 9.60. The molecule has 6 heteroatoms. The molecule has 2 heterocycles. The lowest BCUT2D eigenvalue weighted by Crippen LogP contribution is -2.09. The van der Waals surface area contributed by atoms with Crippen LogP contribution in [0, 0.1) is 13.8 Å². The highest BCUT2D eigenvalue weighted by molar-refractivity contribution is 9.10. The fraction of sp³-hybridized carbons (Fsp3) is 0.500. The highest BCUT2D eigenvalue weighted by Gasteiger charge is 2.28. The highest BCUT2D eigenvalue weighted by Crippen LogP contribution is 2.38. The summed E-state index contributed by atoms with van der Waals surface area (Å²) >= 11 is 3.56. The summed E-state index contributed by atoms with van der Waals surface area (Å²) in [4.78, 5) is 9.29. The van der Waals surface area contributed by atoms with Gasteiger partial charge < -0.3 is 5.32 Å². The standard InChI is InChI=1S/C14H18BrN5/c1-4-16-11-7-12(18-14(17-11)10-5-6-10)20-9(3)13(15)8(2)19-20/h7,10H,4-6H2,1-3H3,(H,16,17,18). The van der Waals surface area contributed by atoms with Gasteiger partial charge in [-0.2, -0.15) is 5.10 Å². The van der Waals surface area contributed by atoms with Crippen molar-refractivity contribution >= 4 is 21.7 Å². The molecule has 2 aromatic heterocycles. The van der Waals surface area contributed by atoms with E-state index in [1.165, 1.54) is 12.8 Å². The molecule has 0 atom stereocenters. The molecule has 20 heavy (non-hydrogen) atoms. The van der Waals surface area contributed by atoms with Crippen molar-refractivity contribution in [3.05, 3.63) is 27.8 Å². The third kappa shape index (κ3) is 2.44. The molecular formula is C14H18BrN5. The Morgan fingerprint density at radius 3 is 2.65 bits per heavy atom. The van der Waals surface area contributed by atoms with Gasteiger partial charge in [0.25, 0.3) is 0 Å². The molecule has 1 aliphatic rings. The molecule has 1 aliphatic carbocycles. The monoisotopic (exact) mass is 335 g/mol. The Morgan fingerprint density at radius 1 is 1.35 bits per heavy atom. The van der Waals surface area contributed by atoms with E-state index in [2.05, 4.69) is 38.3 Å². The van der Waals surface area contributed by atoms with Gasteiger partial charge in [-0.15, -0.1) is 0 Å². The second-order valence-corrected chi connectivity index (χ2v) is 5.96. The molecule has 0 saturated heterocycles. The van der Waals surface area contributed by atoms with Crippen molar-refractivity contribution in [3.63, 3.8) is 0 Å². The summed E-state index contributed by atoms with van der Waals surface area (Å²) < 4.78 is 2.92. The van der Waals surface area contributed by atoms with Crippen LogP contribution in [0.5, 0.6) is 0 Å². The van der Waals surface area contributed by atoms with E-state index in [1.54, 1.807) is 0 Å². The minimum absolute atomic E-state index is 0.521. The molecule has 1 fully saturated rings. The predicted molar refractivity (Wildman–Crippen MR) is 82.5 cm³/mol. The Labute approximate surface area is 127 Å². The minimum Gasteiger partial charge on any atom is -0.370 e. The highest BCUT2D eigenvalue weighted by atomic mass is 79.9. The summed E-state index contributed by atoms with van der Waals surface area (Å²) in [5.74, 6) is 3.17. The van der Waals surface area contributed by atoms with Gasteiger partial charge in [0.05, 0.1) is 15.9 Å². The van der Waals surface area contributed by atoms with Crippen molar-refractivity contribution in [2.75, 3.05) is 11.9 Å². The van der Waals surface area contributed by atoms with E-state index in [1.807, 2.05) is 24.6 Å². The number of nitrogens with one attached hydrogen (secondary N) is 1. The lowest BCUT2D eigenvalue weighted by Gasteiger charge is -2.09. The van der Waals surface area contributed by atoms with Crippen molar-refractivity contribution < 1.29 is 0 Å². The maximum Gasteiger partial charge on any atom is 0.159 e. The Morgan fingerprint density at radius 2 is 2.10 bits per heavy atom. The lowest BCUT2D eigenvalue weighted by molar-refractivity contribution is 0.781. The Balaban J connectivity index is 2.09. The zero-order valence-corrected chi connectivity index (χ0v) is 13.5. The second kappa shape index (κ2) is 5.16. The molecule has 0 spiro atoms. The molecular weight excluding hydrogens is 318 g/mol. The van der Waals surface area contributed by atoms with Crippen LogP contribution < -0.4 is 5.32 Å². The van der Waals surface area contributed by atoms with Gasteiger partial charge in [-0.05, 0) is 49.5 Å². The van der Waals surface area contributed by atoms with Crippen LogP contribution in [0.4, 0.5) is 5.82 Å². The van der Waals surface area contributed by atoms with Crippen LogP contribution in [0.2, 0.25) is 0 Å². The molecule has 3 rings (SSSR count). The fourth-order valence-corrected chi connectivity index (χ4v) is 2.45. The number of aryl methyl sites for hydroxylation is 1. The zero-order chi connectivity index (χ0) is 14.3. The average Bonchev–Trinajstić information content (AvgIpc) is 3.24. The number of halogens is 1. The molecule has 1 saturated carbocycles. The first kappa shape index (κ1) is 13.5. The second-order valence-electron chi connectivity index (χ2n) is 5.17. The van der Waals surface area contributed by atoms with Gasteiger partial charge >= 0.3 is 0 Å². The SMILES string of the molecule is CCNc1cc(-n2nc(C)c(Br)c2C)nc(C2CC2)n1. The first-order valence-corrected chi connectivity index (χ1v) is 7.74. The predicted octanol–water partition coefficient (Wildman–Crippen LogP) is 3.35. The summed E-state index contributed by atoms with van der Waals surface area (Å²) in [6.07, 6.45) is 2.38. The van der Waals surface area contributed by atoms with Crippen LogP contribution in [-0.2, 0) is 0 Å². The van der Waals surface area contributed by atoms with Crippen LogP contribution in [0.1, 0.15) is 42.9 Å². The molecule has 1 N–H and O–H groups in total. The third-order valence-corrected chi connectivity index (χ3v) is 4.60. The van der Waals surface area contributed by atoms with E-state index in [-0.39, 0.29) is 0 Å². The number of hydrogen-bond donors (Lipinski definition) is 1. The van der Waals surface area contributed by atoms with E-state index >= 15 is 0 Å². The van der Waals surface area contributed by atoms with E-state index < -0.39 is 0 Å². The normalized spacial score (nSPS) is 14.6. The Kier molecular flexibility index (Phi) is 3.50. The molecule has 0 aromatic carbocycles. The number of aromatic nitrogens is 4. The lowest BCUT2D eigenvalue weighted by atomic mass is 10.3. The fourth-order valence-electron chi connectivity index (χ4n) is 2.20. The average molecular weight is 336 g/mol. The molecule has 0 unspecified atom stereocenters. The minimum atomic E-state index is 0.521. The van der Waals surface area contributed by atoms with Gasteiger partial charge in [-0.3, -0.25) is 0 Å². The largest absolute Gasteiger partial charge is 0.370 e. The molecule has 5 nitrogen and oxygen atoms in total. The number of hydrogen-bond acceptors (Lipinski definition) is 4. The van der Waals surface area contributed by atoms with Crippen molar-refractivity contribution in [1.29, 1.82) is 0 Å². The number of anilines is 1. The summed E-state index contributed by atoms with van der Waals surface area (Å²) in [6, 6.07) is 1.96. The van der Waals surface area contributed by atoms with Crippen molar-refractivity contribution in [2.45, 2.75) is 39.5 Å². The van der Waals surface area contributed by atoms with E-state index in [9.17, 15) is 0 Å². The first-order valence-electron chi connectivity index (χ1n) is 6.95. The van der Waals surface area contributed by atoms with E-state index in [0.29, 0.717) is 5.92 Å². The van der Waals surface area contributed by atoms with E-state index in [4.69, 9.17) is 4.98 Å². The van der Waals surface area contributed by atoms with Crippen LogP contribution >= 0.6 is 15.9 Å². The van der Waals surface area contributed by atoms with Crippen molar-refractivity contribution in [1.82, 2.24) is 19.7 Å². The Bertz CT molecular complexity index is 645. The maximum absolute atomic E-state index is 4.69. The van der Waals surface area contributed by atoms with Crippen molar-refractivity contribution in [2.24, 2.45) is 0 Å². The van der Waals surface area contributed by atoms with E-state index in [0.717, 1.165) is 39.9 Å².